The van der Waals surface area contributed by atoms with Crippen LogP contribution in [0.4, 0.5) is 52.7 Å². The number of hydrogen-bond acceptors (Lipinski definition) is 6. The van der Waals surface area contributed by atoms with Gasteiger partial charge in [-0.15, -0.1) is 0 Å². The van der Waals surface area contributed by atoms with Crippen molar-refractivity contribution < 1.29 is 52.7 Å². The number of halogens is 12. The molecule has 0 N–H and O–H groups in total. The van der Waals surface area contributed by atoms with Gasteiger partial charge in [0.05, 0.1) is 33.4 Å². The molecule has 49 heavy (non-hydrogen) atoms. The molecule has 4 rings (SSSR count). The molecule has 0 bridgehead atoms. The predicted molar refractivity (Wildman–Crippen MR) is 135 cm³/mol. The normalized spacial score (nSPS) is 15.1. The highest BCUT2D eigenvalue weighted by atomic mass is 19.2. The van der Waals surface area contributed by atoms with Gasteiger partial charge in [0.25, 0.3) is 0 Å². The lowest BCUT2D eigenvalue weighted by Crippen LogP contribution is -2.19. The van der Waals surface area contributed by atoms with E-state index in [0.717, 1.165) is 36.4 Å². The molecule has 1 saturated carbocycles. The molecule has 18 heteroatoms. The van der Waals surface area contributed by atoms with Crippen LogP contribution in [0.5, 0.6) is 0 Å². The van der Waals surface area contributed by atoms with Crippen molar-refractivity contribution in [3.05, 3.63) is 120 Å². The zero-order chi connectivity index (χ0) is 36.8. The molecule has 240 valence electrons. The van der Waals surface area contributed by atoms with Crippen LogP contribution in [0.25, 0.3) is 16.7 Å². The number of rotatable bonds is 3. The van der Waals surface area contributed by atoms with Gasteiger partial charge in [0.15, 0.2) is 69.8 Å². The fraction of sp³-hybridized carbons (Fsp3) is 0.0323. The highest BCUT2D eigenvalue weighted by Crippen LogP contribution is 2.52. The Morgan fingerprint density at radius 2 is 0.571 bits per heavy atom. The van der Waals surface area contributed by atoms with E-state index in [1.165, 1.54) is 0 Å². The first-order valence-corrected chi connectivity index (χ1v) is 12.3. The summed E-state index contributed by atoms with van der Waals surface area (Å²) in [5.74, 6) is -29.3. The monoisotopic (exact) mass is 686 g/mol. The Bertz CT molecular complexity index is 2250. The van der Waals surface area contributed by atoms with Crippen LogP contribution in [0, 0.1) is 138 Å². The van der Waals surface area contributed by atoms with Gasteiger partial charge in [-0.05, 0) is 11.1 Å². The SMILES string of the molecule is N#CC(=C1/C(=C(\C#N)c2c(F)c(F)c(C#N)c(F)c2F)C/C1=C(\C#N)c1c(F)c(F)c(C#N)c(F)c1F)c1c(F)c(F)c(C#N)c(F)c1F. The largest absolute Gasteiger partial charge is 0.203 e. The molecule has 3 aromatic rings. The van der Waals surface area contributed by atoms with Crippen LogP contribution in [0.3, 0.4) is 0 Å². The van der Waals surface area contributed by atoms with Crippen molar-refractivity contribution in [2.45, 2.75) is 6.42 Å². The van der Waals surface area contributed by atoms with Crippen LogP contribution < -0.4 is 0 Å². The van der Waals surface area contributed by atoms with E-state index in [-0.39, 0.29) is 0 Å². The van der Waals surface area contributed by atoms with Crippen molar-refractivity contribution in [1.29, 1.82) is 31.6 Å². The minimum absolute atomic E-state index is 0.778. The predicted octanol–water partition coefficient (Wildman–Crippen LogP) is 7.61. The standard InChI is InChI=1S/C31H2F12N6/c32-20-13(5-47)21(33)27(39)17(26(20)38)10(2-44)8-1-9(11(3-45)18-28(40)22(34)14(6-48)23(35)29(18)41)16(8)12(4-46)19-30(42)24(36)15(7-49)25(37)31(19)43/h1H2/b10-8-,11-9+,16-12?. The maximum Gasteiger partial charge on any atom is 0.180 e. The summed E-state index contributed by atoms with van der Waals surface area (Å²) in [5, 5.41) is 56.1. The maximum absolute atomic E-state index is 15.2. The highest BCUT2D eigenvalue weighted by Gasteiger charge is 2.41. The first-order chi connectivity index (χ1) is 23.1. The van der Waals surface area contributed by atoms with Gasteiger partial charge in [-0.3, -0.25) is 0 Å². The molecule has 0 saturated heterocycles. The van der Waals surface area contributed by atoms with Gasteiger partial charge in [0.1, 0.15) is 53.1 Å². The summed E-state index contributed by atoms with van der Waals surface area (Å²) in [7, 11) is 0. The van der Waals surface area contributed by atoms with E-state index in [4.69, 9.17) is 15.8 Å². The third-order valence-corrected chi connectivity index (χ3v) is 7.02. The topological polar surface area (TPSA) is 143 Å². The highest BCUT2D eigenvalue weighted by molar-refractivity contribution is 6.01. The van der Waals surface area contributed by atoms with Crippen molar-refractivity contribution in [3.8, 4) is 36.4 Å². The van der Waals surface area contributed by atoms with Crippen molar-refractivity contribution in [1.82, 2.24) is 0 Å². The third kappa shape index (κ3) is 4.88. The van der Waals surface area contributed by atoms with Crippen LogP contribution in [0.2, 0.25) is 0 Å². The zero-order valence-corrected chi connectivity index (χ0v) is 22.9. The summed E-state index contributed by atoms with van der Waals surface area (Å²) in [6.45, 7) is 0. The summed E-state index contributed by atoms with van der Waals surface area (Å²) in [4.78, 5) is 0. The first-order valence-electron chi connectivity index (χ1n) is 12.3. The molecule has 0 aliphatic heterocycles. The van der Waals surface area contributed by atoms with Crippen LogP contribution in [-0.2, 0) is 0 Å². The van der Waals surface area contributed by atoms with Gasteiger partial charge < -0.3 is 0 Å². The molecule has 0 spiro atoms. The molecule has 1 aliphatic carbocycles. The number of benzene rings is 3. The lowest BCUT2D eigenvalue weighted by atomic mass is 9.70. The van der Waals surface area contributed by atoms with Gasteiger partial charge >= 0.3 is 0 Å². The number of allylic oxidation sites excluding steroid dienone is 6. The Hall–Kier alpha value is -7.02. The van der Waals surface area contributed by atoms with Crippen LogP contribution in [0.1, 0.15) is 39.8 Å². The summed E-state index contributed by atoms with van der Waals surface area (Å²) >= 11 is 0. The minimum Gasteiger partial charge on any atom is -0.203 e. The number of nitrogens with zero attached hydrogens (tertiary/aromatic N) is 6. The van der Waals surface area contributed by atoms with Crippen molar-refractivity contribution in [2.75, 3.05) is 0 Å². The molecule has 1 fully saturated rings. The molecule has 0 heterocycles. The average molecular weight is 686 g/mol. The summed E-state index contributed by atoms with van der Waals surface area (Å²) < 4.78 is 178. The van der Waals surface area contributed by atoms with Gasteiger partial charge in [0.2, 0.25) is 0 Å². The Morgan fingerprint density at radius 1 is 0.347 bits per heavy atom. The lowest BCUT2D eigenvalue weighted by Gasteiger charge is -2.31. The van der Waals surface area contributed by atoms with Gasteiger partial charge in [0, 0.05) is 12.0 Å². The first kappa shape index (κ1) is 34.8. The van der Waals surface area contributed by atoms with Crippen molar-refractivity contribution in [3.63, 3.8) is 0 Å². The van der Waals surface area contributed by atoms with Gasteiger partial charge in [-0.25, -0.2) is 52.7 Å². The smallest absolute Gasteiger partial charge is 0.180 e. The summed E-state index contributed by atoms with van der Waals surface area (Å²) in [5.41, 5.74) is -20.2. The maximum atomic E-state index is 15.2. The van der Waals surface area contributed by atoms with E-state index < -0.39 is 143 Å². The Labute approximate surface area is 264 Å². The Morgan fingerprint density at radius 3 is 0.776 bits per heavy atom. The van der Waals surface area contributed by atoms with Crippen LogP contribution in [-0.4, -0.2) is 0 Å². The quantitative estimate of drug-likeness (QED) is 0.158. The molecule has 1 aliphatic rings. The summed E-state index contributed by atoms with van der Waals surface area (Å²) in [6.07, 6.45) is -1.32. The average Bonchev–Trinajstić information content (AvgIpc) is 3.07. The van der Waals surface area contributed by atoms with E-state index in [1.807, 2.05) is 0 Å². The molecule has 3 aromatic carbocycles. The fourth-order valence-corrected chi connectivity index (χ4v) is 4.79. The van der Waals surface area contributed by atoms with E-state index >= 15 is 26.3 Å². The van der Waals surface area contributed by atoms with Crippen LogP contribution in [0.15, 0.2) is 16.7 Å². The minimum atomic E-state index is -2.53. The Kier molecular flexibility index (Phi) is 8.99. The zero-order valence-electron chi connectivity index (χ0n) is 22.9. The van der Waals surface area contributed by atoms with Crippen molar-refractivity contribution in [2.24, 2.45) is 0 Å². The molecule has 0 aromatic heterocycles. The molecular formula is C31H2F12N6. The second kappa shape index (κ2) is 12.6. The second-order valence-corrected chi connectivity index (χ2v) is 9.32. The van der Waals surface area contributed by atoms with Crippen molar-refractivity contribution >= 4 is 16.7 Å². The lowest BCUT2D eigenvalue weighted by molar-refractivity contribution is 0.446. The van der Waals surface area contributed by atoms with Gasteiger partial charge in [-0.1, -0.05) is 0 Å². The molecule has 0 atom stereocenters. The van der Waals surface area contributed by atoms with E-state index in [0.29, 0.717) is 0 Å². The van der Waals surface area contributed by atoms with E-state index in [2.05, 4.69) is 0 Å². The van der Waals surface area contributed by atoms with Crippen LogP contribution >= 0.6 is 0 Å². The van der Waals surface area contributed by atoms with Gasteiger partial charge in [-0.2, -0.15) is 31.6 Å². The molecular weight excluding hydrogens is 684 g/mol. The third-order valence-electron chi connectivity index (χ3n) is 7.02. The number of hydrogen-bond donors (Lipinski definition) is 0. The number of nitriles is 6. The molecule has 0 amide bonds. The van der Waals surface area contributed by atoms with E-state index in [1.54, 1.807) is 0 Å². The molecule has 6 nitrogen and oxygen atoms in total. The van der Waals surface area contributed by atoms with E-state index in [9.17, 15) is 42.1 Å². The molecule has 0 unspecified atom stereocenters. The Balaban J connectivity index is 2.33. The molecule has 0 radical (unpaired) electrons. The second-order valence-electron chi connectivity index (χ2n) is 9.32. The fourth-order valence-electron chi connectivity index (χ4n) is 4.79. The summed E-state index contributed by atoms with van der Waals surface area (Å²) in [6, 6.07) is 5.47.